The van der Waals surface area contributed by atoms with Crippen LogP contribution in [0.25, 0.3) is 0 Å². The smallest absolute Gasteiger partial charge is 0.394 e. The lowest BCUT2D eigenvalue weighted by molar-refractivity contribution is -0.394. The highest BCUT2D eigenvalue weighted by atomic mass is 16.6. The molecule has 3 N–H and O–H groups in total. The number of nitrogen functional groups attached to an aromatic ring is 1. The van der Waals surface area contributed by atoms with Crippen LogP contribution in [0.1, 0.15) is 0 Å². The summed E-state index contributed by atoms with van der Waals surface area (Å²) in [5, 5.41) is 22.0. The van der Waals surface area contributed by atoms with Gasteiger partial charge in [-0.15, -0.1) is 4.68 Å². The molecule has 12 heavy (non-hydrogen) atoms. The van der Waals surface area contributed by atoms with E-state index in [2.05, 4.69) is 10.1 Å². The van der Waals surface area contributed by atoms with Crippen molar-refractivity contribution in [3.05, 3.63) is 10.1 Å². The van der Waals surface area contributed by atoms with Gasteiger partial charge in [0.1, 0.15) is 0 Å². The first-order valence-electron chi connectivity index (χ1n) is 3.10. The maximum Gasteiger partial charge on any atom is 0.493 e. The van der Waals surface area contributed by atoms with E-state index in [1.807, 2.05) is 0 Å². The van der Waals surface area contributed by atoms with Gasteiger partial charge in [0, 0.05) is 5.10 Å². The summed E-state index contributed by atoms with van der Waals surface area (Å²) in [7, 11) is 0. The molecule has 0 atom stereocenters. The Labute approximate surface area is 66.8 Å². The molecule has 0 radical (unpaired) electrons. The van der Waals surface area contributed by atoms with Gasteiger partial charge in [0.15, 0.2) is 0 Å². The summed E-state index contributed by atoms with van der Waals surface area (Å²) in [6, 6.07) is 0. The third kappa shape index (κ3) is 1.48. The van der Waals surface area contributed by atoms with Crippen LogP contribution in [0.2, 0.25) is 0 Å². The van der Waals surface area contributed by atoms with E-state index in [-0.39, 0.29) is 19.1 Å². The molecular weight excluding hydrogens is 166 g/mol. The highest BCUT2D eigenvalue weighted by molar-refractivity contribution is 5.21. The van der Waals surface area contributed by atoms with E-state index in [1.54, 1.807) is 0 Å². The van der Waals surface area contributed by atoms with Crippen LogP contribution in [0.5, 0.6) is 0 Å². The molecule has 1 aromatic heterocycles. The summed E-state index contributed by atoms with van der Waals surface area (Å²) in [6.45, 7) is -0.0859. The minimum Gasteiger partial charge on any atom is -0.394 e. The Kier molecular flexibility index (Phi) is 2.19. The summed E-state index contributed by atoms with van der Waals surface area (Å²) in [5.41, 5.74) is 5.24. The Hall–Kier alpha value is -1.70. The van der Waals surface area contributed by atoms with Crippen LogP contribution >= 0.6 is 0 Å². The van der Waals surface area contributed by atoms with E-state index < -0.39 is 10.9 Å². The molecule has 0 unspecified atom stereocenters. The van der Waals surface area contributed by atoms with Gasteiger partial charge in [0.2, 0.25) is 0 Å². The van der Waals surface area contributed by atoms with Crippen molar-refractivity contribution in [3.8, 4) is 0 Å². The molecule has 1 aromatic rings. The Balaban J connectivity index is 2.92. The highest BCUT2D eigenvalue weighted by Gasteiger charge is 2.17. The Bertz CT molecular complexity index is 295. The first kappa shape index (κ1) is 8.40. The van der Waals surface area contributed by atoms with Gasteiger partial charge < -0.3 is 21.0 Å². The average molecular weight is 173 g/mol. The second-order valence-electron chi connectivity index (χ2n) is 1.97. The van der Waals surface area contributed by atoms with Crippen LogP contribution < -0.4 is 5.73 Å². The lowest BCUT2D eigenvalue weighted by Crippen LogP contribution is -2.07. The second-order valence-corrected chi connectivity index (χ2v) is 1.97. The number of rotatable bonds is 3. The largest absolute Gasteiger partial charge is 0.493 e. The van der Waals surface area contributed by atoms with Crippen molar-refractivity contribution >= 4 is 11.9 Å². The molecule has 0 aliphatic rings. The first-order chi connectivity index (χ1) is 5.65. The maximum absolute atomic E-state index is 10.1. The van der Waals surface area contributed by atoms with Crippen molar-refractivity contribution in [2.75, 3.05) is 12.3 Å². The van der Waals surface area contributed by atoms with Gasteiger partial charge in [-0.05, 0) is 9.91 Å². The fourth-order valence-electron chi connectivity index (χ4n) is 0.678. The highest BCUT2D eigenvalue weighted by Crippen LogP contribution is 2.06. The Morgan fingerprint density at radius 3 is 2.83 bits per heavy atom. The third-order valence-electron chi connectivity index (χ3n) is 1.16. The fourth-order valence-corrected chi connectivity index (χ4v) is 0.678. The van der Waals surface area contributed by atoms with E-state index in [0.717, 1.165) is 4.68 Å². The summed E-state index contributed by atoms with van der Waals surface area (Å²) in [4.78, 5) is 12.7. The fraction of sp³-hybridized carbons (Fsp3) is 0.500. The summed E-state index contributed by atoms with van der Waals surface area (Å²) in [5.74, 6) is -0.628. The molecule has 0 aliphatic carbocycles. The molecule has 1 heterocycles. The number of nitrogens with zero attached hydrogens (tertiary/aromatic N) is 4. The van der Waals surface area contributed by atoms with Crippen LogP contribution in [-0.4, -0.2) is 31.4 Å². The number of hydrogen-bond donors (Lipinski definition) is 2. The normalized spacial score (nSPS) is 10.1. The molecule has 66 valence electrons. The summed E-state index contributed by atoms with van der Waals surface area (Å²) in [6.07, 6.45) is 0. The van der Waals surface area contributed by atoms with E-state index in [9.17, 15) is 10.1 Å². The molecule has 0 spiro atoms. The summed E-state index contributed by atoms with van der Waals surface area (Å²) < 4.78 is 1.07. The average Bonchev–Trinajstić information content (AvgIpc) is 2.34. The molecule has 8 nitrogen and oxygen atoms in total. The molecule has 0 amide bonds. The van der Waals surface area contributed by atoms with Crippen molar-refractivity contribution in [1.29, 1.82) is 0 Å². The standard InChI is InChI=1S/C4H7N5O3/c5-3-6-4(9(11)12)7-8(3)1-2-10/h10H,1-2H2,(H2,5,6,7). The van der Waals surface area contributed by atoms with Gasteiger partial charge in [-0.25, -0.2) is 0 Å². The van der Waals surface area contributed by atoms with Crippen LogP contribution in [-0.2, 0) is 6.54 Å². The molecule has 0 fully saturated rings. The number of nitro groups is 1. The van der Waals surface area contributed by atoms with Gasteiger partial charge in [0.25, 0.3) is 0 Å². The Morgan fingerprint density at radius 2 is 2.42 bits per heavy atom. The lowest BCUT2D eigenvalue weighted by Gasteiger charge is -1.90. The topological polar surface area (TPSA) is 120 Å². The number of nitrogens with two attached hydrogens (primary N) is 1. The van der Waals surface area contributed by atoms with Crippen LogP contribution in [0.3, 0.4) is 0 Å². The second kappa shape index (κ2) is 3.13. The SMILES string of the molecule is Nc1nc([N+](=O)[O-])nn1CCO. The van der Waals surface area contributed by atoms with Crippen molar-refractivity contribution in [3.63, 3.8) is 0 Å². The zero-order chi connectivity index (χ0) is 9.14. The zero-order valence-corrected chi connectivity index (χ0v) is 6.04. The van der Waals surface area contributed by atoms with E-state index in [0.29, 0.717) is 0 Å². The minimum absolute atomic E-state index is 0.0734. The molecule has 8 heteroatoms. The molecule has 0 saturated carbocycles. The minimum atomic E-state index is -0.746. The molecular formula is C4H7N5O3. The van der Waals surface area contributed by atoms with Gasteiger partial charge in [-0.3, -0.25) is 0 Å². The molecule has 0 aliphatic heterocycles. The van der Waals surface area contributed by atoms with Gasteiger partial charge in [0.05, 0.1) is 13.2 Å². The lowest BCUT2D eigenvalue weighted by atomic mass is 10.7. The predicted octanol–water partition coefficient (Wildman–Crippen LogP) is -1.24. The summed E-state index contributed by atoms with van der Waals surface area (Å²) >= 11 is 0. The number of anilines is 1. The van der Waals surface area contributed by atoms with Crippen LogP contribution in [0.15, 0.2) is 0 Å². The Morgan fingerprint density at radius 1 is 1.75 bits per heavy atom. The van der Waals surface area contributed by atoms with Gasteiger partial charge >= 0.3 is 11.9 Å². The van der Waals surface area contributed by atoms with Crippen LogP contribution in [0.4, 0.5) is 11.9 Å². The third-order valence-corrected chi connectivity index (χ3v) is 1.16. The van der Waals surface area contributed by atoms with Crippen molar-refractivity contribution in [1.82, 2.24) is 14.8 Å². The molecule has 1 rings (SSSR count). The van der Waals surface area contributed by atoms with Crippen molar-refractivity contribution in [2.45, 2.75) is 6.54 Å². The van der Waals surface area contributed by atoms with Gasteiger partial charge in [-0.1, -0.05) is 0 Å². The first-order valence-corrected chi connectivity index (χ1v) is 3.10. The molecule has 0 bridgehead atoms. The monoisotopic (exact) mass is 173 g/mol. The molecule has 0 saturated heterocycles. The number of aromatic nitrogens is 3. The van der Waals surface area contributed by atoms with E-state index >= 15 is 0 Å². The number of aliphatic hydroxyl groups is 1. The maximum atomic E-state index is 10.1. The molecule has 0 aromatic carbocycles. The number of hydrogen-bond acceptors (Lipinski definition) is 6. The van der Waals surface area contributed by atoms with Crippen molar-refractivity contribution in [2.24, 2.45) is 0 Å². The quantitative estimate of drug-likeness (QED) is 0.435. The van der Waals surface area contributed by atoms with E-state index in [4.69, 9.17) is 10.8 Å². The van der Waals surface area contributed by atoms with Crippen molar-refractivity contribution < 1.29 is 10.0 Å². The number of aliphatic hydroxyl groups excluding tert-OH is 1. The van der Waals surface area contributed by atoms with E-state index in [1.165, 1.54) is 0 Å². The zero-order valence-electron chi connectivity index (χ0n) is 6.04. The van der Waals surface area contributed by atoms with Gasteiger partial charge in [-0.2, -0.15) is 0 Å². The van der Waals surface area contributed by atoms with Crippen LogP contribution in [0, 0.1) is 10.1 Å². The predicted molar refractivity (Wildman–Crippen MR) is 38.2 cm³/mol.